The molecule has 1 nitrogen and oxygen atoms in total. The SMILES string of the molecule is SCCCN1CCCCc2ccccc21. The summed E-state index contributed by atoms with van der Waals surface area (Å²) in [5.41, 5.74) is 2.98. The second-order valence-electron chi connectivity index (χ2n) is 4.15. The number of para-hydroxylation sites is 1. The molecular weight excluding hydrogens is 202 g/mol. The van der Waals surface area contributed by atoms with Crippen molar-refractivity contribution in [2.45, 2.75) is 25.7 Å². The fourth-order valence-corrected chi connectivity index (χ4v) is 2.40. The van der Waals surface area contributed by atoms with Gasteiger partial charge in [-0.2, -0.15) is 12.6 Å². The molecule has 0 radical (unpaired) electrons. The largest absolute Gasteiger partial charge is 0.371 e. The first-order chi connectivity index (χ1) is 7.42. The van der Waals surface area contributed by atoms with Gasteiger partial charge in [-0.1, -0.05) is 18.2 Å². The van der Waals surface area contributed by atoms with Gasteiger partial charge >= 0.3 is 0 Å². The van der Waals surface area contributed by atoms with Crippen LogP contribution in [0.25, 0.3) is 0 Å². The Kier molecular flexibility index (Phi) is 3.95. The van der Waals surface area contributed by atoms with Crippen molar-refractivity contribution in [3.8, 4) is 0 Å². The van der Waals surface area contributed by atoms with E-state index in [2.05, 4.69) is 41.8 Å². The molecule has 0 N–H and O–H groups in total. The average Bonchev–Trinajstić information content (AvgIpc) is 2.49. The van der Waals surface area contributed by atoms with Crippen molar-refractivity contribution in [1.82, 2.24) is 0 Å². The van der Waals surface area contributed by atoms with Gasteiger partial charge in [-0.05, 0) is 43.1 Å². The van der Waals surface area contributed by atoms with Crippen LogP contribution in [0.5, 0.6) is 0 Å². The van der Waals surface area contributed by atoms with Crippen LogP contribution in [0, 0.1) is 0 Å². The van der Waals surface area contributed by atoms with E-state index in [0.717, 1.165) is 12.3 Å². The third kappa shape index (κ3) is 2.69. The molecule has 0 amide bonds. The van der Waals surface area contributed by atoms with Crippen LogP contribution in [0.3, 0.4) is 0 Å². The monoisotopic (exact) mass is 221 g/mol. The molecule has 0 saturated heterocycles. The average molecular weight is 221 g/mol. The van der Waals surface area contributed by atoms with Crippen LogP contribution in [-0.4, -0.2) is 18.8 Å². The van der Waals surface area contributed by atoms with Gasteiger partial charge in [-0.25, -0.2) is 0 Å². The third-order valence-corrected chi connectivity index (χ3v) is 3.36. The molecule has 0 atom stereocenters. The normalized spacial score (nSPS) is 15.9. The minimum absolute atomic E-state index is 0.985. The molecule has 1 aromatic carbocycles. The molecule has 82 valence electrons. The number of aryl methyl sites for hydroxylation is 1. The highest BCUT2D eigenvalue weighted by Crippen LogP contribution is 2.25. The van der Waals surface area contributed by atoms with Crippen LogP contribution in [0.2, 0.25) is 0 Å². The molecule has 15 heavy (non-hydrogen) atoms. The predicted octanol–water partition coefficient (Wildman–Crippen LogP) is 3.15. The van der Waals surface area contributed by atoms with Gasteiger partial charge in [0.25, 0.3) is 0 Å². The fraction of sp³-hybridized carbons (Fsp3) is 0.538. The van der Waals surface area contributed by atoms with Crippen molar-refractivity contribution in [3.63, 3.8) is 0 Å². The van der Waals surface area contributed by atoms with Gasteiger partial charge in [-0.15, -0.1) is 0 Å². The Morgan fingerprint density at radius 1 is 1.20 bits per heavy atom. The first-order valence-electron chi connectivity index (χ1n) is 5.85. The molecule has 2 rings (SSSR count). The molecule has 1 aliphatic rings. The zero-order valence-electron chi connectivity index (χ0n) is 9.15. The lowest BCUT2D eigenvalue weighted by Gasteiger charge is -2.24. The number of hydrogen-bond acceptors (Lipinski definition) is 2. The minimum Gasteiger partial charge on any atom is -0.371 e. The third-order valence-electron chi connectivity index (χ3n) is 3.04. The van der Waals surface area contributed by atoms with E-state index in [1.165, 1.54) is 43.5 Å². The number of rotatable bonds is 3. The zero-order valence-corrected chi connectivity index (χ0v) is 10.0. The van der Waals surface area contributed by atoms with Gasteiger partial charge in [0.1, 0.15) is 0 Å². The quantitative estimate of drug-likeness (QED) is 0.767. The summed E-state index contributed by atoms with van der Waals surface area (Å²) in [5, 5.41) is 0. The summed E-state index contributed by atoms with van der Waals surface area (Å²) < 4.78 is 0. The maximum Gasteiger partial charge on any atom is 0.0398 e. The number of fused-ring (bicyclic) bond motifs is 1. The molecule has 0 spiro atoms. The summed E-state index contributed by atoms with van der Waals surface area (Å²) in [6.07, 6.45) is 5.07. The van der Waals surface area contributed by atoms with E-state index in [1.54, 1.807) is 0 Å². The van der Waals surface area contributed by atoms with Gasteiger partial charge in [0.2, 0.25) is 0 Å². The predicted molar refractivity (Wildman–Crippen MR) is 70.1 cm³/mol. The first kappa shape index (κ1) is 10.9. The molecule has 0 fully saturated rings. The van der Waals surface area contributed by atoms with Crippen molar-refractivity contribution in [1.29, 1.82) is 0 Å². The number of thiol groups is 1. The molecule has 0 bridgehead atoms. The summed E-state index contributed by atoms with van der Waals surface area (Å²) in [6.45, 7) is 2.37. The number of benzene rings is 1. The first-order valence-corrected chi connectivity index (χ1v) is 6.49. The van der Waals surface area contributed by atoms with Crippen LogP contribution < -0.4 is 4.90 Å². The van der Waals surface area contributed by atoms with Crippen molar-refractivity contribution in [3.05, 3.63) is 29.8 Å². The molecular formula is C13H19NS. The van der Waals surface area contributed by atoms with E-state index in [1.807, 2.05) is 0 Å². The zero-order chi connectivity index (χ0) is 10.5. The molecule has 0 aliphatic carbocycles. The number of hydrogen-bond donors (Lipinski definition) is 1. The van der Waals surface area contributed by atoms with Gasteiger partial charge in [0.15, 0.2) is 0 Å². The van der Waals surface area contributed by atoms with Crippen LogP contribution in [-0.2, 0) is 6.42 Å². The fourth-order valence-electron chi connectivity index (χ4n) is 2.26. The summed E-state index contributed by atoms with van der Waals surface area (Å²) in [5.74, 6) is 0.985. The summed E-state index contributed by atoms with van der Waals surface area (Å²) >= 11 is 4.29. The Labute approximate surface area is 97.9 Å². The maximum absolute atomic E-state index is 4.29. The second kappa shape index (κ2) is 5.45. The number of nitrogens with zero attached hydrogens (tertiary/aromatic N) is 1. The Bertz CT molecular complexity index is 311. The van der Waals surface area contributed by atoms with Crippen LogP contribution >= 0.6 is 12.6 Å². The topological polar surface area (TPSA) is 3.24 Å². The molecule has 1 aliphatic heterocycles. The minimum atomic E-state index is 0.985. The van der Waals surface area contributed by atoms with Crippen LogP contribution in [0.1, 0.15) is 24.8 Å². The lowest BCUT2D eigenvalue weighted by molar-refractivity contribution is 0.707. The lowest BCUT2D eigenvalue weighted by Crippen LogP contribution is -2.25. The van der Waals surface area contributed by atoms with Crippen LogP contribution in [0.4, 0.5) is 5.69 Å². The molecule has 0 unspecified atom stereocenters. The summed E-state index contributed by atoms with van der Waals surface area (Å²) in [4.78, 5) is 2.53. The second-order valence-corrected chi connectivity index (χ2v) is 4.60. The highest BCUT2D eigenvalue weighted by atomic mass is 32.1. The van der Waals surface area contributed by atoms with Gasteiger partial charge in [-0.3, -0.25) is 0 Å². The Hall–Kier alpha value is -0.630. The van der Waals surface area contributed by atoms with Gasteiger partial charge < -0.3 is 4.90 Å². The highest BCUT2D eigenvalue weighted by Gasteiger charge is 2.13. The van der Waals surface area contributed by atoms with E-state index in [4.69, 9.17) is 0 Å². The smallest absolute Gasteiger partial charge is 0.0398 e. The molecule has 1 heterocycles. The van der Waals surface area contributed by atoms with Crippen LogP contribution in [0.15, 0.2) is 24.3 Å². The van der Waals surface area contributed by atoms with E-state index in [9.17, 15) is 0 Å². The van der Waals surface area contributed by atoms with E-state index in [-0.39, 0.29) is 0 Å². The molecule has 2 heteroatoms. The Morgan fingerprint density at radius 2 is 2.07 bits per heavy atom. The highest BCUT2D eigenvalue weighted by molar-refractivity contribution is 7.80. The molecule has 1 aromatic rings. The maximum atomic E-state index is 4.29. The van der Waals surface area contributed by atoms with E-state index in [0.29, 0.717) is 0 Å². The van der Waals surface area contributed by atoms with Gasteiger partial charge in [0.05, 0.1) is 0 Å². The van der Waals surface area contributed by atoms with E-state index >= 15 is 0 Å². The molecule has 0 saturated carbocycles. The van der Waals surface area contributed by atoms with Crippen molar-refractivity contribution < 1.29 is 0 Å². The Balaban J connectivity index is 2.17. The standard InChI is InChI=1S/C13H19NS/c15-11-5-10-14-9-4-3-7-12-6-1-2-8-13(12)14/h1-2,6,8,15H,3-5,7,9-11H2. The number of anilines is 1. The Morgan fingerprint density at radius 3 is 2.93 bits per heavy atom. The van der Waals surface area contributed by atoms with E-state index < -0.39 is 0 Å². The summed E-state index contributed by atoms with van der Waals surface area (Å²) in [6, 6.07) is 8.84. The lowest BCUT2D eigenvalue weighted by atomic mass is 10.1. The van der Waals surface area contributed by atoms with Crippen molar-refractivity contribution in [2.75, 3.05) is 23.7 Å². The van der Waals surface area contributed by atoms with Crippen molar-refractivity contribution in [2.24, 2.45) is 0 Å². The summed E-state index contributed by atoms with van der Waals surface area (Å²) in [7, 11) is 0. The van der Waals surface area contributed by atoms with Crippen molar-refractivity contribution >= 4 is 18.3 Å². The van der Waals surface area contributed by atoms with Gasteiger partial charge in [0, 0.05) is 18.8 Å². The molecule has 0 aromatic heterocycles.